The molecular weight excluding hydrogens is 923 g/mol. The molecule has 0 aromatic heterocycles. The summed E-state index contributed by atoms with van der Waals surface area (Å²) in [5.41, 5.74) is -4.17. The van der Waals surface area contributed by atoms with Gasteiger partial charge in [0.15, 0.2) is 0 Å². The van der Waals surface area contributed by atoms with Crippen molar-refractivity contribution >= 4 is 154 Å². The Morgan fingerprint density at radius 2 is 0.936 bits per heavy atom. The molecular formula is C18H8BaCl4F8N6O8S2. The van der Waals surface area contributed by atoms with Gasteiger partial charge in [-0.3, -0.25) is 29.8 Å². The minimum absolute atomic E-state index is 0. The van der Waals surface area contributed by atoms with Gasteiger partial charge in [0.2, 0.25) is 11.8 Å². The molecule has 2 aromatic rings. The van der Waals surface area contributed by atoms with Crippen LogP contribution in [0, 0.1) is 30.6 Å². The van der Waals surface area contributed by atoms with Gasteiger partial charge in [-0.15, -0.1) is 26.3 Å². The number of anilines is 2. The van der Waals surface area contributed by atoms with E-state index < -0.39 is 108 Å². The number of nitrogens with zero attached hydrogens (tertiary/aromatic N) is 4. The molecule has 0 saturated carbocycles. The maximum absolute atomic E-state index is 13.2. The summed E-state index contributed by atoms with van der Waals surface area (Å²) < 4.78 is 95.9. The van der Waals surface area contributed by atoms with Gasteiger partial charge in [-0.2, -0.15) is 8.78 Å². The topological polar surface area (TPSA) is 197 Å². The molecule has 0 atom stereocenters. The molecule has 0 fully saturated rings. The molecule has 47 heavy (non-hydrogen) atoms. The van der Waals surface area contributed by atoms with Gasteiger partial charge in [-0.25, -0.2) is 8.61 Å². The Hall–Kier alpha value is -1.43. The van der Waals surface area contributed by atoms with Gasteiger partial charge in [0.05, 0.1) is 9.85 Å². The molecule has 0 aliphatic rings. The van der Waals surface area contributed by atoms with E-state index in [1.807, 2.05) is 0 Å². The average molecular weight is 932 g/mol. The Morgan fingerprint density at radius 3 is 1.13 bits per heavy atom. The summed E-state index contributed by atoms with van der Waals surface area (Å²) in [5.74, 6) is -2.70. The van der Waals surface area contributed by atoms with Crippen LogP contribution in [0.1, 0.15) is 20.7 Å². The molecule has 2 aromatic carbocycles. The second kappa shape index (κ2) is 18.0. The minimum atomic E-state index is -5.34. The summed E-state index contributed by atoms with van der Waals surface area (Å²) in [6, 6.07) is 3.34. The quantitative estimate of drug-likeness (QED) is 0.0459. The standard InChI is InChI=1S/2C9H4Cl2F4N3O4S.Ba/c2*10-8(11,12)23-17(9(13,14)15)6-3-4(7(19)16-20)1-2-5(6)18(21)22;/h2*1-3H,(H-,16,19,20);/q2*-1;+2. The molecule has 0 aliphatic carbocycles. The van der Waals surface area contributed by atoms with Crippen molar-refractivity contribution < 1.29 is 54.6 Å². The number of benzene rings is 2. The maximum Gasteiger partial charge on any atom is 2.00 e. The molecule has 0 unspecified atom stereocenters. The molecule has 14 nitrogen and oxygen atoms in total. The first-order chi connectivity index (χ1) is 20.7. The van der Waals surface area contributed by atoms with E-state index >= 15 is 0 Å². The van der Waals surface area contributed by atoms with Crippen molar-refractivity contribution in [2.45, 2.75) is 20.4 Å². The van der Waals surface area contributed by atoms with Crippen LogP contribution in [0.2, 0.25) is 0 Å². The van der Waals surface area contributed by atoms with Crippen LogP contribution < -0.4 is 19.6 Å². The second-order valence-electron chi connectivity index (χ2n) is 7.38. The van der Waals surface area contributed by atoms with Crippen molar-refractivity contribution in [1.82, 2.24) is 11.0 Å². The summed E-state index contributed by atoms with van der Waals surface area (Å²) in [7, 11) is 0. The number of hydrogen-bond donors (Lipinski definition) is 2. The summed E-state index contributed by atoms with van der Waals surface area (Å²) in [5, 5.41) is 42.3. The predicted octanol–water partition coefficient (Wildman–Crippen LogP) is 7.33. The van der Waals surface area contributed by atoms with Gasteiger partial charge >= 0.3 is 69.3 Å². The number of rotatable bonds is 10. The number of halogens is 12. The third-order valence-corrected chi connectivity index (χ3v) is 6.76. The van der Waals surface area contributed by atoms with E-state index in [2.05, 4.69) is 0 Å². The summed E-state index contributed by atoms with van der Waals surface area (Å²) >= 11 is 17.8. The van der Waals surface area contributed by atoms with Crippen LogP contribution in [0.25, 0.3) is 0 Å². The zero-order valence-electron chi connectivity index (χ0n) is 21.6. The van der Waals surface area contributed by atoms with E-state index in [0.717, 1.165) is 23.1 Å². The Kier molecular flexibility index (Phi) is 17.4. The molecule has 0 bridgehead atoms. The first kappa shape index (κ1) is 45.6. The number of nitro benzene ring substituents is 2. The van der Waals surface area contributed by atoms with Crippen LogP contribution in [0.4, 0.5) is 57.9 Å². The van der Waals surface area contributed by atoms with E-state index in [-0.39, 0.29) is 48.9 Å². The number of carbonyl (C=O) groups excluding carboxylic acids is 2. The van der Waals surface area contributed by atoms with Crippen LogP contribution >= 0.6 is 70.3 Å². The third-order valence-electron chi connectivity index (χ3n) is 4.34. The Morgan fingerprint density at radius 1 is 0.660 bits per heavy atom. The fraction of sp³-hybridized carbons (Fsp3) is 0.222. The summed E-state index contributed by atoms with van der Waals surface area (Å²) in [6.07, 6.45) is -10.7. The molecule has 0 aliphatic heterocycles. The van der Waals surface area contributed by atoms with Crippen LogP contribution in [-0.4, -0.2) is 91.0 Å². The predicted molar refractivity (Wildman–Crippen MR) is 157 cm³/mol. The number of nitrogens with one attached hydrogen (secondary N) is 2. The van der Waals surface area contributed by atoms with Crippen molar-refractivity contribution in [2.75, 3.05) is 8.61 Å². The second-order valence-corrected chi connectivity index (χ2v) is 13.0. The number of hydrogen-bond acceptors (Lipinski definition) is 12. The molecule has 2 amide bonds. The summed E-state index contributed by atoms with van der Waals surface area (Å²) in [6.45, 7) is 0. The smallest absolute Gasteiger partial charge is 0.759 e. The fourth-order valence-corrected chi connectivity index (χ4v) is 4.70. The van der Waals surface area contributed by atoms with Crippen molar-refractivity contribution in [3.63, 3.8) is 0 Å². The fourth-order valence-electron chi connectivity index (χ4n) is 2.76. The molecule has 256 valence electrons. The third kappa shape index (κ3) is 14.5. The first-order valence-corrected chi connectivity index (χ1v) is 13.5. The SMILES string of the molecule is O=C(N[O-])c1ccc([N+](=O)[O-])c(N(SC(F)(Cl)Cl)C(F)(F)F)c1.O=C(N[O-])c1ccc([N+](=O)[O-])c(N(SC(F)(Cl)Cl)C(F)(F)F)c1.[Ba+2]. The molecule has 29 heteroatoms. The molecule has 0 radical (unpaired) electrons. The average Bonchev–Trinajstić information content (AvgIpc) is 2.91. The Balaban J connectivity index is 0.000000882. The van der Waals surface area contributed by atoms with Crippen molar-refractivity contribution in [1.29, 1.82) is 0 Å². The molecule has 0 saturated heterocycles. The molecule has 2 rings (SSSR count). The molecule has 0 heterocycles. The first-order valence-electron chi connectivity index (χ1n) is 10.4. The van der Waals surface area contributed by atoms with Crippen molar-refractivity contribution in [3.8, 4) is 0 Å². The Labute approximate surface area is 323 Å². The monoisotopic (exact) mass is 930 g/mol. The normalized spacial score (nSPS) is 11.7. The van der Waals surface area contributed by atoms with Gasteiger partial charge in [-0.1, -0.05) is 46.4 Å². The maximum atomic E-state index is 13.2. The van der Waals surface area contributed by atoms with Gasteiger partial charge in [0, 0.05) is 47.2 Å². The van der Waals surface area contributed by atoms with Crippen molar-refractivity contribution in [2.24, 2.45) is 0 Å². The van der Waals surface area contributed by atoms with Gasteiger partial charge in [0.25, 0.3) is 11.4 Å². The number of nitro groups is 2. The van der Waals surface area contributed by atoms with Gasteiger partial charge in [0.1, 0.15) is 11.4 Å². The van der Waals surface area contributed by atoms with Crippen LogP contribution in [0.15, 0.2) is 36.4 Å². The van der Waals surface area contributed by atoms with E-state index in [4.69, 9.17) is 46.4 Å². The van der Waals surface area contributed by atoms with Crippen LogP contribution in [0.3, 0.4) is 0 Å². The number of amides is 2. The van der Waals surface area contributed by atoms with Crippen LogP contribution in [0.5, 0.6) is 0 Å². The zero-order chi connectivity index (χ0) is 36.0. The number of carbonyl (C=O) groups is 2. The minimum Gasteiger partial charge on any atom is -0.759 e. The molecule has 0 spiro atoms. The van der Waals surface area contributed by atoms with E-state index in [9.17, 15) is 75.4 Å². The van der Waals surface area contributed by atoms with E-state index in [1.165, 1.54) is 0 Å². The van der Waals surface area contributed by atoms with Crippen molar-refractivity contribution in [3.05, 3.63) is 78.2 Å². The summed E-state index contributed by atoms with van der Waals surface area (Å²) in [4.78, 5) is 41.7. The van der Waals surface area contributed by atoms with E-state index in [0.29, 0.717) is 24.3 Å². The van der Waals surface area contributed by atoms with Gasteiger partial charge < -0.3 is 21.4 Å². The van der Waals surface area contributed by atoms with Gasteiger partial charge in [-0.05, 0) is 24.3 Å². The zero-order valence-corrected chi connectivity index (χ0v) is 30.7. The molecule has 2 N–H and O–H groups in total. The van der Waals surface area contributed by atoms with E-state index in [1.54, 1.807) is 0 Å². The number of hydroxylamine groups is 2. The Bertz CT molecular complexity index is 1370. The van der Waals surface area contributed by atoms with Crippen LogP contribution in [-0.2, 0) is 0 Å². The number of alkyl halides is 12. The largest absolute Gasteiger partial charge is 2.00 e.